The van der Waals surface area contributed by atoms with Gasteiger partial charge in [-0.2, -0.15) is 0 Å². The molecule has 0 bridgehead atoms. The van der Waals surface area contributed by atoms with Crippen molar-refractivity contribution in [2.24, 2.45) is 0 Å². The van der Waals surface area contributed by atoms with Crippen LogP contribution in [0.3, 0.4) is 0 Å². The maximum Gasteiger partial charge on any atom is 0.248 e. The fourth-order valence-corrected chi connectivity index (χ4v) is 2.75. The molecule has 0 spiro atoms. The smallest absolute Gasteiger partial charge is 0.248 e. The Bertz CT molecular complexity index is 513. The van der Waals surface area contributed by atoms with Crippen LogP contribution in [0.4, 0.5) is 0 Å². The van der Waals surface area contributed by atoms with Crippen LogP contribution in [0.15, 0.2) is 24.3 Å². The number of hydrogen-bond acceptors (Lipinski definition) is 4. The first kappa shape index (κ1) is 20.5. The third-order valence-corrected chi connectivity index (χ3v) is 4.86. The molecule has 0 aliphatic rings. The standard InChI is InChI=1S/C19H32N2O3/c1-7-19(8-2,21(4)5)14-20-18(22)15(3)24-13-16-10-9-11-17(12-16)23-6/h9-12,15H,7-8,13-14H2,1-6H3,(H,20,22). The van der Waals surface area contributed by atoms with Crippen LogP contribution in [0, 0.1) is 0 Å². The highest BCUT2D eigenvalue weighted by atomic mass is 16.5. The van der Waals surface area contributed by atoms with Crippen molar-refractivity contribution in [3.8, 4) is 5.75 Å². The van der Waals surface area contributed by atoms with Crippen molar-refractivity contribution in [3.63, 3.8) is 0 Å². The minimum atomic E-state index is -0.496. The van der Waals surface area contributed by atoms with Crippen molar-refractivity contribution < 1.29 is 14.3 Å². The van der Waals surface area contributed by atoms with Gasteiger partial charge in [-0.3, -0.25) is 4.79 Å². The van der Waals surface area contributed by atoms with E-state index in [1.54, 1.807) is 14.0 Å². The molecule has 1 N–H and O–H groups in total. The van der Waals surface area contributed by atoms with Crippen LogP contribution in [0.25, 0.3) is 0 Å². The minimum Gasteiger partial charge on any atom is -0.497 e. The first-order chi connectivity index (χ1) is 11.4. The molecule has 5 heteroatoms. The van der Waals surface area contributed by atoms with E-state index in [0.717, 1.165) is 24.2 Å². The molecule has 1 unspecified atom stereocenters. The number of nitrogens with zero attached hydrogens (tertiary/aromatic N) is 1. The molecule has 0 aliphatic carbocycles. The van der Waals surface area contributed by atoms with Gasteiger partial charge < -0.3 is 19.7 Å². The molecule has 24 heavy (non-hydrogen) atoms. The highest BCUT2D eigenvalue weighted by Crippen LogP contribution is 2.20. The maximum absolute atomic E-state index is 12.3. The van der Waals surface area contributed by atoms with E-state index in [4.69, 9.17) is 9.47 Å². The molecule has 1 aromatic carbocycles. The van der Waals surface area contributed by atoms with Crippen LogP contribution in [0.2, 0.25) is 0 Å². The van der Waals surface area contributed by atoms with Crippen LogP contribution in [0.1, 0.15) is 39.2 Å². The second-order valence-electron chi connectivity index (χ2n) is 6.35. The van der Waals surface area contributed by atoms with Crippen LogP contribution < -0.4 is 10.1 Å². The number of hydrogen-bond donors (Lipinski definition) is 1. The molecule has 0 saturated heterocycles. The number of benzene rings is 1. The number of likely N-dealkylation sites (N-methyl/N-ethyl adjacent to an activating group) is 1. The van der Waals surface area contributed by atoms with Crippen LogP contribution >= 0.6 is 0 Å². The van der Waals surface area contributed by atoms with Gasteiger partial charge >= 0.3 is 0 Å². The lowest BCUT2D eigenvalue weighted by atomic mass is 9.91. The van der Waals surface area contributed by atoms with Crippen molar-refractivity contribution in [3.05, 3.63) is 29.8 Å². The average molecular weight is 336 g/mol. The molecular weight excluding hydrogens is 304 g/mol. The number of nitrogens with one attached hydrogen (secondary N) is 1. The van der Waals surface area contributed by atoms with Crippen molar-refractivity contribution in [2.45, 2.75) is 51.9 Å². The van der Waals surface area contributed by atoms with E-state index in [2.05, 4.69) is 38.2 Å². The molecule has 1 rings (SSSR count). The van der Waals surface area contributed by atoms with Gasteiger partial charge in [0.15, 0.2) is 0 Å². The number of carbonyl (C=O) groups is 1. The minimum absolute atomic E-state index is 0.0117. The molecule has 136 valence electrons. The van der Waals surface area contributed by atoms with E-state index < -0.39 is 6.10 Å². The Morgan fingerprint density at radius 2 is 1.96 bits per heavy atom. The first-order valence-electron chi connectivity index (χ1n) is 8.58. The Morgan fingerprint density at radius 3 is 2.50 bits per heavy atom. The van der Waals surface area contributed by atoms with Crippen LogP contribution in [0.5, 0.6) is 5.75 Å². The molecular formula is C19H32N2O3. The second kappa shape index (κ2) is 9.64. The number of carbonyl (C=O) groups excluding carboxylic acids is 1. The lowest BCUT2D eigenvalue weighted by Gasteiger charge is -2.39. The molecule has 0 radical (unpaired) electrons. The number of amides is 1. The molecule has 5 nitrogen and oxygen atoms in total. The largest absolute Gasteiger partial charge is 0.497 e. The number of methoxy groups -OCH3 is 1. The predicted octanol–water partition coefficient (Wildman–Crippen LogP) is 2.84. The summed E-state index contributed by atoms with van der Waals surface area (Å²) in [4.78, 5) is 14.5. The van der Waals surface area contributed by atoms with Crippen molar-refractivity contribution in [1.29, 1.82) is 0 Å². The molecule has 0 aromatic heterocycles. The van der Waals surface area contributed by atoms with Gasteiger partial charge in [-0.25, -0.2) is 0 Å². The second-order valence-corrected chi connectivity index (χ2v) is 6.35. The number of ether oxygens (including phenoxy) is 2. The normalized spacial score (nSPS) is 13.0. The zero-order valence-corrected chi connectivity index (χ0v) is 15.9. The summed E-state index contributed by atoms with van der Waals surface area (Å²) in [5.74, 6) is 0.709. The van der Waals surface area contributed by atoms with E-state index in [-0.39, 0.29) is 11.4 Å². The van der Waals surface area contributed by atoms with Gasteiger partial charge in [0.25, 0.3) is 0 Å². The van der Waals surface area contributed by atoms with E-state index in [1.807, 2.05) is 24.3 Å². The van der Waals surface area contributed by atoms with Gasteiger partial charge in [-0.1, -0.05) is 26.0 Å². The highest BCUT2D eigenvalue weighted by Gasteiger charge is 2.29. The van der Waals surface area contributed by atoms with E-state index >= 15 is 0 Å². The van der Waals surface area contributed by atoms with Crippen molar-refractivity contribution in [1.82, 2.24) is 10.2 Å². The van der Waals surface area contributed by atoms with E-state index in [9.17, 15) is 4.79 Å². The monoisotopic (exact) mass is 336 g/mol. The van der Waals surface area contributed by atoms with E-state index in [0.29, 0.717) is 13.2 Å². The number of rotatable bonds is 10. The van der Waals surface area contributed by atoms with Gasteiger partial charge in [0.1, 0.15) is 11.9 Å². The Balaban J connectivity index is 2.52. The first-order valence-corrected chi connectivity index (χ1v) is 8.58. The summed E-state index contributed by atoms with van der Waals surface area (Å²) in [6.07, 6.45) is 1.47. The molecule has 1 atom stereocenters. The van der Waals surface area contributed by atoms with Gasteiger partial charge in [0, 0.05) is 12.1 Å². The molecule has 0 saturated carbocycles. The van der Waals surface area contributed by atoms with Crippen LogP contribution in [-0.4, -0.2) is 50.2 Å². The van der Waals surface area contributed by atoms with Gasteiger partial charge in [-0.15, -0.1) is 0 Å². The van der Waals surface area contributed by atoms with Gasteiger partial charge in [-0.05, 0) is 51.6 Å². The highest BCUT2D eigenvalue weighted by molar-refractivity contribution is 5.80. The Labute approximate surface area is 146 Å². The summed E-state index contributed by atoms with van der Waals surface area (Å²) in [6, 6.07) is 7.67. The third kappa shape index (κ3) is 5.49. The summed E-state index contributed by atoms with van der Waals surface area (Å²) in [6.45, 7) is 7.09. The zero-order chi connectivity index (χ0) is 18.2. The SMILES string of the molecule is CCC(CC)(CNC(=O)C(C)OCc1cccc(OC)c1)N(C)C. The summed E-state index contributed by atoms with van der Waals surface area (Å²) >= 11 is 0. The Morgan fingerprint density at radius 1 is 1.29 bits per heavy atom. The fourth-order valence-electron chi connectivity index (χ4n) is 2.75. The topological polar surface area (TPSA) is 50.8 Å². The summed E-state index contributed by atoms with van der Waals surface area (Å²) in [5, 5.41) is 3.04. The summed E-state index contributed by atoms with van der Waals surface area (Å²) < 4.78 is 10.9. The average Bonchev–Trinajstić information content (AvgIpc) is 2.60. The van der Waals surface area contributed by atoms with Gasteiger partial charge in [0.2, 0.25) is 5.91 Å². The quantitative estimate of drug-likeness (QED) is 0.714. The van der Waals surface area contributed by atoms with Crippen LogP contribution in [-0.2, 0) is 16.1 Å². The lowest BCUT2D eigenvalue weighted by Crippen LogP contribution is -2.53. The molecule has 0 fully saturated rings. The van der Waals surface area contributed by atoms with Gasteiger partial charge in [0.05, 0.1) is 13.7 Å². The lowest BCUT2D eigenvalue weighted by molar-refractivity contribution is -0.133. The van der Waals surface area contributed by atoms with Crippen molar-refractivity contribution in [2.75, 3.05) is 27.7 Å². The molecule has 1 aromatic rings. The molecule has 1 amide bonds. The van der Waals surface area contributed by atoms with E-state index in [1.165, 1.54) is 0 Å². The fraction of sp³-hybridized carbons (Fsp3) is 0.632. The Kier molecular flexibility index (Phi) is 8.22. The molecule has 0 heterocycles. The summed E-state index contributed by atoms with van der Waals surface area (Å²) in [7, 11) is 5.75. The third-order valence-electron chi connectivity index (χ3n) is 4.86. The molecule has 0 aliphatic heterocycles. The zero-order valence-electron chi connectivity index (χ0n) is 15.9. The van der Waals surface area contributed by atoms with Crippen molar-refractivity contribution >= 4 is 5.91 Å². The predicted molar refractivity (Wildman–Crippen MR) is 97.3 cm³/mol. The maximum atomic E-state index is 12.3. The Hall–Kier alpha value is -1.59. The summed E-state index contributed by atoms with van der Waals surface area (Å²) in [5.41, 5.74) is 0.973.